The molecule has 0 N–H and O–H groups in total. The fraction of sp³-hybridized carbons (Fsp3) is 0.875. The van der Waals surface area contributed by atoms with Gasteiger partial charge in [-0.05, 0) is 13.3 Å². The first kappa shape index (κ1) is 9.35. The molecule has 0 aromatic heterocycles. The summed E-state index contributed by atoms with van der Waals surface area (Å²) in [5.74, 6) is 0. The van der Waals surface area contributed by atoms with Gasteiger partial charge in [-0.3, -0.25) is 0 Å². The molecule has 1 heteroatoms. The molecule has 0 amide bonds. The molecule has 0 fully saturated rings. The van der Waals surface area contributed by atoms with E-state index in [4.69, 9.17) is 0 Å². The fourth-order valence-electron chi connectivity index (χ4n) is 0.595. The summed E-state index contributed by atoms with van der Waals surface area (Å²) in [5.41, 5.74) is 0. The van der Waals surface area contributed by atoms with Gasteiger partial charge in [0.1, 0.15) is 0 Å². The van der Waals surface area contributed by atoms with Crippen LogP contribution >= 0.6 is 11.8 Å². The number of hydrogen-bond donors (Lipinski definition) is 0. The average molecular weight is 145 g/mol. The second-order valence-corrected chi connectivity index (χ2v) is 5.40. The highest BCUT2D eigenvalue weighted by Crippen LogP contribution is 2.34. The minimum absolute atomic E-state index is 0.403. The molecular formula is C8H17S. The van der Waals surface area contributed by atoms with Crippen molar-refractivity contribution in [1.29, 1.82) is 0 Å². The Morgan fingerprint density at radius 3 is 1.89 bits per heavy atom. The molecular weight excluding hydrogens is 128 g/mol. The van der Waals surface area contributed by atoms with E-state index in [2.05, 4.69) is 34.6 Å². The minimum Gasteiger partial charge on any atom is -0.148 e. The number of hydrogen-bond acceptors (Lipinski definition) is 1. The SMILES string of the molecule is CC[C](C)SC(C)(C)C. The minimum atomic E-state index is 0.403. The maximum absolute atomic E-state index is 2.25. The van der Waals surface area contributed by atoms with E-state index in [1.807, 2.05) is 11.8 Å². The van der Waals surface area contributed by atoms with Crippen molar-refractivity contribution in [3.63, 3.8) is 0 Å². The van der Waals surface area contributed by atoms with Crippen LogP contribution in [0.3, 0.4) is 0 Å². The molecule has 0 saturated carbocycles. The lowest BCUT2D eigenvalue weighted by atomic mass is 10.3. The monoisotopic (exact) mass is 145 g/mol. The van der Waals surface area contributed by atoms with Gasteiger partial charge in [-0.2, -0.15) is 0 Å². The summed E-state index contributed by atoms with van der Waals surface area (Å²) in [7, 11) is 0. The fourth-order valence-corrected chi connectivity index (χ4v) is 1.78. The molecule has 1 radical (unpaired) electrons. The molecule has 0 atom stereocenters. The number of thioether (sulfide) groups is 1. The third kappa shape index (κ3) is 6.23. The van der Waals surface area contributed by atoms with E-state index in [-0.39, 0.29) is 0 Å². The van der Waals surface area contributed by atoms with Crippen molar-refractivity contribution < 1.29 is 0 Å². The molecule has 0 heterocycles. The van der Waals surface area contributed by atoms with E-state index in [9.17, 15) is 0 Å². The second-order valence-electron chi connectivity index (χ2n) is 3.27. The van der Waals surface area contributed by atoms with Crippen LogP contribution in [0.1, 0.15) is 41.0 Å². The molecule has 0 unspecified atom stereocenters. The second kappa shape index (κ2) is 3.50. The van der Waals surface area contributed by atoms with Gasteiger partial charge in [-0.25, -0.2) is 0 Å². The van der Waals surface area contributed by atoms with Crippen LogP contribution in [0.4, 0.5) is 0 Å². The Kier molecular flexibility index (Phi) is 3.64. The quantitative estimate of drug-likeness (QED) is 0.573. The van der Waals surface area contributed by atoms with Gasteiger partial charge >= 0.3 is 0 Å². The number of rotatable bonds is 2. The van der Waals surface area contributed by atoms with Crippen molar-refractivity contribution in [3.8, 4) is 0 Å². The molecule has 0 aliphatic rings. The zero-order valence-corrected chi connectivity index (χ0v) is 7.93. The van der Waals surface area contributed by atoms with Gasteiger partial charge in [0.05, 0.1) is 0 Å². The summed E-state index contributed by atoms with van der Waals surface area (Å²) in [4.78, 5) is 0. The standard InChI is InChI=1S/C8H17S/c1-6-7(2)9-8(3,4)5/h6H2,1-5H3. The van der Waals surface area contributed by atoms with Crippen molar-refractivity contribution in [3.05, 3.63) is 5.25 Å². The highest BCUT2D eigenvalue weighted by molar-refractivity contribution is 8.03. The summed E-state index contributed by atoms with van der Waals surface area (Å²) in [6.07, 6.45) is 1.20. The van der Waals surface area contributed by atoms with Crippen LogP contribution in [0.25, 0.3) is 0 Å². The molecule has 0 saturated heterocycles. The normalized spacial score (nSPS) is 12.7. The molecule has 0 aromatic rings. The van der Waals surface area contributed by atoms with Gasteiger partial charge in [-0.1, -0.05) is 27.7 Å². The van der Waals surface area contributed by atoms with Crippen LogP contribution in [-0.4, -0.2) is 4.75 Å². The maximum atomic E-state index is 2.25. The van der Waals surface area contributed by atoms with Crippen molar-refractivity contribution in [2.75, 3.05) is 0 Å². The first-order valence-corrected chi connectivity index (χ1v) is 4.29. The molecule has 0 spiro atoms. The zero-order chi connectivity index (χ0) is 7.49. The Hall–Kier alpha value is 0.350. The predicted octanol–water partition coefficient (Wildman–Crippen LogP) is 3.48. The lowest BCUT2D eigenvalue weighted by Gasteiger charge is -2.21. The summed E-state index contributed by atoms with van der Waals surface area (Å²) in [6.45, 7) is 11.1. The van der Waals surface area contributed by atoms with Crippen LogP contribution < -0.4 is 0 Å². The Balaban J connectivity index is 3.47. The highest BCUT2D eigenvalue weighted by atomic mass is 32.2. The Morgan fingerprint density at radius 2 is 1.78 bits per heavy atom. The Bertz CT molecular complexity index is 71.1. The molecule has 9 heavy (non-hydrogen) atoms. The highest BCUT2D eigenvalue weighted by Gasteiger charge is 2.14. The van der Waals surface area contributed by atoms with Gasteiger partial charge in [0, 0.05) is 10.00 Å². The van der Waals surface area contributed by atoms with Crippen LogP contribution in [0.5, 0.6) is 0 Å². The van der Waals surface area contributed by atoms with E-state index in [0.29, 0.717) is 4.75 Å². The topological polar surface area (TPSA) is 0 Å². The Labute approximate surface area is 63.4 Å². The average Bonchev–Trinajstić information content (AvgIpc) is 1.62. The lowest BCUT2D eigenvalue weighted by Crippen LogP contribution is -2.08. The van der Waals surface area contributed by atoms with Crippen LogP contribution in [0.2, 0.25) is 0 Å². The third-order valence-electron chi connectivity index (χ3n) is 0.978. The Morgan fingerprint density at radius 1 is 1.33 bits per heavy atom. The van der Waals surface area contributed by atoms with E-state index >= 15 is 0 Å². The molecule has 0 nitrogen and oxygen atoms in total. The molecule has 0 aliphatic carbocycles. The van der Waals surface area contributed by atoms with Gasteiger partial charge in [0.15, 0.2) is 0 Å². The van der Waals surface area contributed by atoms with E-state index in [1.165, 1.54) is 11.7 Å². The van der Waals surface area contributed by atoms with Gasteiger partial charge in [-0.15, -0.1) is 11.8 Å². The van der Waals surface area contributed by atoms with Crippen LogP contribution in [-0.2, 0) is 0 Å². The van der Waals surface area contributed by atoms with Gasteiger partial charge in [0.25, 0.3) is 0 Å². The van der Waals surface area contributed by atoms with Gasteiger partial charge in [0.2, 0.25) is 0 Å². The van der Waals surface area contributed by atoms with E-state index < -0.39 is 0 Å². The molecule has 0 rings (SSSR count). The van der Waals surface area contributed by atoms with Crippen molar-refractivity contribution in [2.24, 2.45) is 0 Å². The largest absolute Gasteiger partial charge is 0.148 e. The lowest BCUT2D eigenvalue weighted by molar-refractivity contribution is 0.799. The maximum Gasteiger partial charge on any atom is 0.0278 e. The summed E-state index contributed by atoms with van der Waals surface area (Å²) in [6, 6.07) is 0. The first-order valence-electron chi connectivity index (χ1n) is 3.47. The zero-order valence-electron chi connectivity index (χ0n) is 7.12. The van der Waals surface area contributed by atoms with Crippen molar-refractivity contribution in [2.45, 2.75) is 45.8 Å². The summed E-state index contributed by atoms with van der Waals surface area (Å²) < 4.78 is 0.403. The third-order valence-corrected chi connectivity index (χ3v) is 2.23. The van der Waals surface area contributed by atoms with Crippen molar-refractivity contribution >= 4 is 11.8 Å². The van der Waals surface area contributed by atoms with E-state index in [0.717, 1.165) is 0 Å². The first-order chi connectivity index (χ1) is 3.95. The van der Waals surface area contributed by atoms with Crippen LogP contribution in [0, 0.1) is 5.25 Å². The molecule has 0 aromatic carbocycles. The molecule has 55 valence electrons. The molecule has 0 bridgehead atoms. The summed E-state index contributed by atoms with van der Waals surface area (Å²) in [5, 5.41) is 1.53. The summed E-state index contributed by atoms with van der Waals surface area (Å²) >= 11 is 1.97. The predicted molar refractivity (Wildman–Crippen MR) is 46.6 cm³/mol. The van der Waals surface area contributed by atoms with Gasteiger partial charge < -0.3 is 0 Å². The van der Waals surface area contributed by atoms with Crippen molar-refractivity contribution in [1.82, 2.24) is 0 Å². The smallest absolute Gasteiger partial charge is 0.0278 e. The van der Waals surface area contributed by atoms with Crippen LogP contribution in [0.15, 0.2) is 0 Å². The van der Waals surface area contributed by atoms with E-state index in [1.54, 1.807) is 0 Å². The molecule has 0 aliphatic heterocycles.